The summed E-state index contributed by atoms with van der Waals surface area (Å²) in [4.78, 5) is 42.7. The van der Waals surface area contributed by atoms with Crippen LogP contribution in [0.3, 0.4) is 0 Å². The molecule has 0 aliphatic heterocycles. The Labute approximate surface area is 163 Å². The van der Waals surface area contributed by atoms with Gasteiger partial charge in [0.2, 0.25) is 5.91 Å². The number of aryl methyl sites for hydroxylation is 1. The number of carbonyl (C=O) groups is 2. The van der Waals surface area contributed by atoms with Gasteiger partial charge < -0.3 is 20.8 Å². The maximum atomic E-state index is 12.2. The van der Waals surface area contributed by atoms with E-state index in [1.807, 2.05) is 19.1 Å². The molecule has 0 atom stereocenters. The number of furan rings is 1. The van der Waals surface area contributed by atoms with Crippen molar-refractivity contribution in [1.29, 1.82) is 0 Å². The number of nitrogens with zero attached hydrogens (tertiary/aromatic N) is 1. The van der Waals surface area contributed by atoms with E-state index in [-0.39, 0.29) is 34.1 Å². The van der Waals surface area contributed by atoms with Crippen molar-refractivity contribution in [3.05, 3.63) is 64.3 Å². The molecule has 3 rings (SSSR count). The highest BCUT2D eigenvalue weighted by Crippen LogP contribution is 2.18. The van der Waals surface area contributed by atoms with Gasteiger partial charge in [-0.1, -0.05) is 29.5 Å². The average Bonchev–Trinajstić information content (AvgIpc) is 3.20. The number of H-pyrrole nitrogens is 1. The normalized spacial score (nSPS) is 10.5. The zero-order valence-electron chi connectivity index (χ0n) is 14.8. The highest BCUT2D eigenvalue weighted by Gasteiger charge is 2.16. The lowest BCUT2D eigenvalue weighted by atomic mass is 10.2. The number of thioether (sulfide) groups is 1. The Kier molecular flexibility index (Phi) is 5.80. The van der Waals surface area contributed by atoms with Crippen LogP contribution in [0.2, 0.25) is 0 Å². The maximum Gasteiger partial charge on any atom is 0.291 e. The minimum atomic E-state index is -0.631. The number of hydrogen-bond donors (Lipinski definition) is 4. The van der Waals surface area contributed by atoms with E-state index in [1.54, 1.807) is 18.2 Å². The van der Waals surface area contributed by atoms with Gasteiger partial charge in [-0.15, -0.1) is 0 Å². The molecule has 1 aromatic carbocycles. The third-order valence-corrected chi connectivity index (χ3v) is 4.46. The first kappa shape index (κ1) is 19.2. The molecule has 2 aromatic heterocycles. The van der Waals surface area contributed by atoms with Gasteiger partial charge in [-0.25, -0.2) is 4.98 Å². The van der Waals surface area contributed by atoms with Crippen molar-refractivity contribution in [2.24, 2.45) is 0 Å². The third-order valence-electron chi connectivity index (χ3n) is 3.58. The lowest BCUT2D eigenvalue weighted by Crippen LogP contribution is -2.23. The van der Waals surface area contributed by atoms with E-state index in [2.05, 4.69) is 20.6 Å². The van der Waals surface area contributed by atoms with Crippen LogP contribution in [0.4, 0.5) is 17.2 Å². The van der Waals surface area contributed by atoms with Crippen LogP contribution in [0.5, 0.6) is 0 Å². The van der Waals surface area contributed by atoms with Gasteiger partial charge in [-0.3, -0.25) is 19.4 Å². The predicted molar refractivity (Wildman–Crippen MR) is 106 cm³/mol. The van der Waals surface area contributed by atoms with Gasteiger partial charge in [0.25, 0.3) is 11.5 Å². The quantitative estimate of drug-likeness (QED) is 0.368. The van der Waals surface area contributed by atoms with Gasteiger partial charge in [0, 0.05) is 5.69 Å². The van der Waals surface area contributed by atoms with E-state index in [1.165, 1.54) is 12.3 Å². The summed E-state index contributed by atoms with van der Waals surface area (Å²) in [6, 6.07) is 10.4. The van der Waals surface area contributed by atoms with Gasteiger partial charge >= 0.3 is 0 Å². The summed E-state index contributed by atoms with van der Waals surface area (Å²) in [5, 5.41) is 5.27. The molecule has 0 spiro atoms. The summed E-state index contributed by atoms with van der Waals surface area (Å²) in [6.07, 6.45) is 1.34. The average molecular weight is 399 g/mol. The number of benzene rings is 1. The monoisotopic (exact) mass is 399 g/mol. The first-order valence-electron chi connectivity index (χ1n) is 8.16. The lowest BCUT2D eigenvalue weighted by molar-refractivity contribution is -0.113. The van der Waals surface area contributed by atoms with Crippen LogP contribution in [-0.2, 0) is 4.79 Å². The molecule has 0 saturated heterocycles. The molecule has 10 heteroatoms. The van der Waals surface area contributed by atoms with Gasteiger partial charge in [0.1, 0.15) is 0 Å². The number of nitrogens with two attached hydrogens (primary N) is 1. The Hall–Kier alpha value is -3.53. The number of amides is 2. The first-order valence-corrected chi connectivity index (χ1v) is 9.15. The molecule has 2 amide bonds. The number of carbonyl (C=O) groups excluding carboxylic acids is 2. The van der Waals surface area contributed by atoms with Crippen molar-refractivity contribution < 1.29 is 14.0 Å². The molecule has 144 valence electrons. The fourth-order valence-corrected chi connectivity index (χ4v) is 2.88. The van der Waals surface area contributed by atoms with Crippen molar-refractivity contribution in [3.63, 3.8) is 0 Å². The van der Waals surface area contributed by atoms with E-state index < -0.39 is 11.5 Å². The van der Waals surface area contributed by atoms with Gasteiger partial charge in [0.15, 0.2) is 22.4 Å². The van der Waals surface area contributed by atoms with Crippen LogP contribution in [0, 0.1) is 6.92 Å². The largest absolute Gasteiger partial charge is 0.459 e. The number of hydrogen-bond acceptors (Lipinski definition) is 7. The van der Waals surface area contributed by atoms with Crippen LogP contribution < -0.4 is 21.9 Å². The Morgan fingerprint density at radius 1 is 1.21 bits per heavy atom. The van der Waals surface area contributed by atoms with Gasteiger partial charge in [0.05, 0.1) is 12.0 Å². The fourth-order valence-electron chi connectivity index (χ4n) is 2.21. The molecule has 0 aliphatic rings. The molecule has 0 unspecified atom stereocenters. The number of aromatic amines is 1. The minimum absolute atomic E-state index is 0.0222. The van der Waals surface area contributed by atoms with E-state index in [0.717, 1.165) is 17.3 Å². The van der Waals surface area contributed by atoms with E-state index in [0.29, 0.717) is 5.69 Å². The molecule has 28 heavy (non-hydrogen) atoms. The first-order chi connectivity index (χ1) is 13.4. The van der Waals surface area contributed by atoms with Crippen LogP contribution in [-0.4, -0.2) is 27.5 Å². The summed E-state index contributed by atoms with van der Waals surface area (Å²) >= 11 is 1.01. The standard InChI is InChI=1S/C18H17N5O4S/c1-10-4-6-11(7-5-10)20-13(24)9-28-18-22-15(19)14(17(26)23-18)21-16(25)12-3-2-8-27-12/h2-8H,9H2,1H3,(H,20,24)(H,21,25)(H3,19,22,23,26). The molecule has 2 heterocycles. The number of nitrogens with one attached hydrogen (secondary N) is 3. The number of aromatic nitrogens is 2. The molecule has 0 fully saturated rings. The molecular formula is C18H17N5O4S. The predicted octanol–water partition coefficient (Wildman–Crippen LogP) is 2.24. The van der Waals surface area contributed by atoms with Crippen molar-refractivity contribution in [3.8, 4) is 0 Å². The molecule has 0 aliphatic carbocycles. The molecule has 0 radical (unpaired) electrons. The van der Waals surface area contributed by atoms with Crippen molar-refractivity contribution in [2.45, 2.75) is 12.1 Å². The van der Waals surface area contributed by atoms with Crippen LogP contribution in [0.1, 0.15) is 16.1 Å². The number of anilines is 3. The summed E-state index contributed by atoms with van der Waals surface area (Å²) in [5.74, 6) is -0.990. The lowest BCUT2D eigenvalue weighted by Gasteiger charge is -2.08. The Morgan fingerprint density at radius 3 is 2.61 bits per heavy atom. The van der Waals surface area contributed by atoms with Crippen molar-refractivity contribution >= 4 is 40.8 Å². The second kappa shape index (κ2) is 8.44. The molecule has 3 aromatic rings. The molecule has 0 saturated carbocycles. The molecule has 0 bridgehead atoms. The Morgan fingerprint density at radius 2 is 1.96 bits per heavy atom. The highest BCUT2D eigenvalue weighted by molar-refractivity contribution is 7.99. The second-order valence-electron chi connectivity index (χ2n) is 5.77. The number of rotatable bonds is 6. The van der Waals surface area contributed by atoms with Gasteiger partial charge in [-0.05, 0) is 31.2 Å². The van der Waals surface area contributed by atoms with Gasteiger partial charge in [-0.2, -0.15) is 0 Å². The summed E-state index contributed by atoms with van der Waals surface area (Å²) in [7, 11) is 0. The van der Waals surface area contributed by atoms with E-state index >= 15 is 0 Å². The van der Waals surface area contributed by atoms with E-state index in [4.69, 9.17) is 10.2 Å². The number of nitrogen functional groups attached to an aromatic ring is 1. The van der Waals surface area contributed by atoms with E-state index in [9.17, 15) is 14.4 Å². The molecular weight excluding hydrogens is 382 g/mol. The van der Waals surface area contributed by atoms with Crippen LogP contribution in [0.15, 0.2) is 57.0 Å². The zero-order valence-corrected chi connectivity index (χ0v) is 15.6. The zero-order chi connectivity index (χ0) is 20.1. The Bertz CT molecular complexity index is 1040. The Balaban J connectivity index is 1.62. The second-order valence-corrected chi connectivity index (χ2v) is 6.73. The summed E-state index contributed by atoms with van der Waals surface area (Å²) < 4.78 is 4.96. The fraction of sp³-hybridized carbons (Fsp3) is 0.111. The van der Waals surface area contributed by atoms with Crippen molar-refractivity contribution in [2.75, 3.05) is 22.1 Å². The SMILES string of the molecule is Cc1ccc(NC(=O)CSc2nc(N)c(NC(=O)c3ccco3)c(=O)[nH]2)cc1. The molecule has 5 N–H and O–H groups in total. The highest BCUT2D eigenvalue weighted by atomic mass is 32.2. The minimum Gasteiger partial charge on any atom is -0.459 e. The molecule has 9 nitrogen and oxygen atoms in total. The summed E-state index contributed by atoms with van der Waals surface area (Å²) in [5.41, 5.74) is 6.72. The topological polar surface area (TPSA) is 143 Å². The third kappa shape index (κ3) is 4.80. The van der Waals surface area contributed by atoms with Crippen LogP contribution >= 0.6 is 11.8 Å². The van der Waals surface area contributed by atoms with Crippen LogP contribution in [0.25, 0.3) is 0 Å². The summed E-state index contributed by atoms with van der Waals surface area (Å²) in [6.45, 7) is 1.95. The van der Waals surface area contributed by atoms with Crippen molar-refractivity contribution in [1.82, 2.24) is 9.97 Å². The smallest absolute Gasteiger partial charge is 0.291 e. The maximum absolute atomic E-state index is 12.2.